The van der Waals surface area contributed by atoms with Crippen LogP contribution in [0.2, 0.25) is 0 Å². The fourth-order valence-electron chi connectivity index (χ4n) is 1.62. The molecule has 0 aliphatic heterocycles. The molecule has 0 aromatic heterocycles. The van der Waals surface area contributed by atoms with Crippen LogP contribution < -0.4 is 5.32 Å². The van der Waals surface area contributed by atoms with E-state index in [1.807, 2.05) is 30.3 Å². The van der Waals surface area contributed by atoms with E-state index < -0.39 is 17.7 Å². The van der Waals surface area contributed by atoms with Crippen LogP contribution in [-0.2, 0) is 11.3 Å². The number of amides is 1. The molecule has 5 heteroatoms. The molecule has 0 aliphatic rings. The summed E-state index contributed by atoms with van der Waals surface area (Å²) in [6.07, 6.45) is -0.627. The van der Waals surface area contributed by atoms with Crippen LogP contribution in [0.15, 0.2) is 48.5 Å². The SMILES string of the molecule is O=C(NCC#Cc1cc(F)ccc1F)OCc1ccccc1. The Morgan fingerprint density at radius 1 is 1.14 bits per heavy atom. The van der Waals surface area contributed by atoms with Gasteiger partial charge in [0.25, 0.3) is 0 Å². The van der Waals surface area contributed by atoms with Gasteiger partial charge in [-0.05, 0) is 23.8 Å². The van der Waals surface area contributed by atoms with E-state index in [1.165, 1.54) is 0 Å². The fraction of sp³-hybridized carbons (Fsp3) is 0.118. The number of alkyl carbamates (subject to hydrolysis) is 1. The lowest BCUT2D eigenvalue weighted by atomic mass is 10.2. The quantitative estimate of drug-likeness (QED) is 0.884. The predicted octanol–water partition coefficient (Wildman–Crippen LogP) is 3.24. The molecule has 0 heterocycles. The molecule has 2 aromatic carbocycles. The number of benzene rings is 2. The van der Waals surface area contributed by atoms with E-state index in [-0.39, 0.29) is 18.7 Å². The summed E-state index contributed by atoms with van der Waals surface area (Å²) in [4.78, 5) is 11.4. The molecule has 112 valence electrons. The number of rotatable bonds is 3. The average Bonchev–Trinajstić information content (AvgIpc) is 2.53. The minimum atomic E-state index is -0.627. The maximum Gasteiger partial charge on any atom is 0.408 e. The van der Waals surface area contributed by atoms with Gasteiger partial charge in [0.1, 0.15) is 18.2 Å². The highest BCUT2D eigenvalue weighted by atomic mass is 19.1. The lowest BCUT2D eigenvalue weighted by Crippen LogP contribution is -2.24. The lowest BCUT2D eigenvalue weighted by Gasteiger charge is -2.04. The van der Waals surface area contributed by atoms with E-state index in [0.717, 1.165) is 23.8 Å². The molecule has 0 radical (unpaired) electrons. The minimum absolute atomic E-state index is 0.0242. The van der Waals surface area contributed by atoms with Crippen LogP contribution >= 0.6 is 0 Å². The third-order valence-electron chi connectivity index (χ3n) is 2.69. The number of hydrogen-bond acceptors (Lipinski definition) is 2. The van der Waals surface area contributed by atoms with Gasteiger partial charge >= 0.3 is 6.09 Å². The van der Waals surface area contributed by atoms with Crippen molar-refractivity contribution in [3.05, 3.63) is 71.3 Å². The molecule has 0 unspecified atom stereocenters. The summed E-state index contributed by atoms with van der Waals surface area (Å²) < 4.78 is 31.2. The van der Waals surface area contributed by atoms with Crippen molar-refractivity contribution in [3.63, 3.8) is 0 Å². The summed E-state index contributed by atoms with van der Waals surface area (Å²) in [6, 6.07) is 12.2. The highest BCUT2D eigenvalue weighted by molar-refractivity contribution is 5.67. The first-order chi connectivity index (χ1) is 10.6. The van der Waals surface area contributed by atoms with Gasteiger partial charge in [-0.15, -0.1) is 0 Å². The van der Waals surface area contributed by atoms with Gasteiger partial charge in [-0.3, -0.25) is 0 Å². The third-order valence-corrected chi connectivity index (χ3v) is 2.69. The normalized spacial score (nSPS) is 9.55. The Morgan fingerprint density at radius 3 is 2.68 bits per heavy atom. The Kier molecular flexibility index (Phi) is 5.50. The van der Waals surface area contributed by atoms with Gasteiger partial charge in [0, 0.05) is 0 Å². The molecule has 1 amide bonds. The van der Waals surface area contributed by atoms with Crippen molar-refractivity contribution in [2.75, 3.05) is 6.54 Å². The predicted molar refractivity (Wildman–Crippen MR) is 77.9 cm³/mol. The number of ether oxygens (including phenoxy) is 1. The summed E-state index contributed by atoms with van der Waals surface area (Å²) >= 11 is 0. The van der Waals surface area contributed by atoms with Gasteiger partial charge in [0.05, 0.1) is 12.1 Å². The van der Waals surface area contributed by atoms with Crippen molar-refractivity contribution < 1.29 is 18.3 Å². The van der Waals surface area contributed by atoms with E-state index in [9.17, 15) is 13.6 Å². The Balaban J connectivity index is 1.78. The molecular formula is C17H13F2NO2. The van der Waals surface area contributed by atoms with Crippen LogP contribution in [-0.4, -0.2) is 12.6 Å². The van der Waals surface area contributed by atoms with Crippen molar-refractivity contribution >= 4 is 6.09 Å². The van der Waals surface area contributed by atoms with Gasteiger partial charge in [0.15, 0.2) is 0 Å². The van der Waals surface area contributed by atoms with Crippen molar-refractivity contribution in [3.8, 4) is 11.8 Å². The van der Waals surface area contributed by atoms with Crippen LogP contribution in [0, 0.1) is 23.5 Å². The monoisotopic (exact) mass is 301 g/mol. The molecule has 0 aliphatic carbocycles. The molecule has 0 saturated heterocycles. The zero-order chi connectivity index (χ0) is 15.8. The van der Waals surface area contributed by atoms with Crippen LogP contribution in [0.1, 0.15) is 11.1 Å². The molecule has 0 saturated carbocycles. The number of halogens is 2. The van der Waals surface area contributed by atoms with Gasteiger partial charge in [-0.25, -0.2) is 13.6 Å². The van der Waals surface area contributed by atoms with E-state index in [2.05, 4.69) is 17.2 Å². The minimum Gasteiger partial charge on any atom is -0.445 e. The fourth-order valence-corrected chi connectivity index (χ4v) is 1.62. The summed E-state index contributed by atoms with van der Waals surface area (Å²) in [7, 11) is 0. The topological polar surface area (TPSA) is 38.3 Å². The summed E-state index contributed by atoms with van der Waals surface area (Å²) in [6.45, 7) is 0.127. The first-order valence-corrected chi connectivity index (χ1v) is 6.53. The van der Waals surface area contributed by atoms with E-state index in [0.29, 0.717) is 0 Å². The highest BCUT2D eigenvalue weighted by Gasteiger charge is 2.01. The first-order valence-electron chi connectivity index (χ1n) is 6.53. The highest BCUT2D eigenvalue weighted by Crippen LogP contribution is 2.07. The molecular weight excluding hydrogens is 288 g/mol. The Labute approximate surface area is 126 Å². The number of hydrogen-bond donors (Lipinski definition) is 1. The van der Waals surface area contributed by atoms with Crippen molar-refractivity contribution in [1.82, 2.24) is 5.32 Å². The van der Waals surface area contributed by atoms with E-state index in [4.69, 9.17) is 4.74 Å². The molecule has 0 fully saturated rings. The van der Waals surface area contributed by atoms with Gasteiger partial charge in [0.2, 0.25) is 0 Å². The smallest absolute Gasteiger partial charge is 0.408 e. The Morgan fingerprint density at radius 2 is 1.91 bits per heavy atom. The third kappa shape index (κ3) is 4.91. The zero-order valence-corrected chi connectivity index (χ0v) is 11.6. The van der Waals surface area contributed by atoms with Crippen molar-refractivity contribution in [2.24, 2.45) is 0 Å². The number of carbonyl (C=O) groups excluding carboxylic acids is 1. The van der Waals surface area contributed by atoms with Gasteiger partial charge in [-0.2, -0.15) is 0 Å². The molecule has 0 bridgehead atoms. The van der Waals surface area contributed by atoms with Crippen molar-refractivity contribution in [1.29, 1.82) is 0 Å². The molecule has 1 N–H and O–H groups in total. The molecule has 0 spiro atoms. The van der Waals surface area contributed by atoms with Crippen LogP contribution in [0.25, 0.3) is 0 Å². The van der Waals surface area contributed by atoms with Crippen LogP contribution in [0.4, 0.5) is 13.6 Å². The molecule has 3 nitrogen and oxygen atoms in total. The van der Waals surface area contributed by atoms with Gasteiger partial charge in [-0.1, -0.05) is 42.2 Å². The first kappa shape index (κ1) is 15.5. The molecule has 22 heavy (non-hydrogen) atoms. The summed E-state index contributed by atoms with van der Waals surface area (Å²) in [5.41, 5.74) is 0.810. The Hall–Kier alpha value is -2.87. The second-order valence-electron chi connectivity index (χ2n) is 4.34. The molecule has 2 rings (SSSR count). The van der Waals surface area contributed by atoms with E-state index >= 15 is 0 Å². The molecule has 2 aromatic rings. The van der Waals surface area contributed by atoms with E-state index in [1.54, 1.807) is 0 Å². The number of carbonyl (C=O) groups is 1. The molecule has 0 atom stereocenters. The summed E-state index contributed by atoms with van der Waals surface area (Å²) in [5.74, 6) is 3.80. The second kappa shape index (κ2) is 7.79. The average molecular weight is 301 g/mol. The summed E-state index contributed by atoms with van der Waals surface area (Å²) in [5, 5.41) is 2.41. The van der Waals surface area contributed by atoms with Gasteiger partial charge < -0.3 is 10.1 Å². The van der Waals surface area contributed by atoms with Crippen LogP contribution in [0.3, 0.4) is 0 Å². The largest absolute Gasteiger partial charge is 0.445 e. The Bertz CT molecular complexity index is 706. The standard InChI is InChI=1S/C17H13F2NO2/c18-15-8-9-16(19)14(11-15)7-4-10-20-17(21)22-12-13-5-2-1-3-6-13/h1-3,5-6,8-9,11H,10,12H2,(H,20,21). The van der Waals surface area contributed by atoms with Crippen LogP contribution in [0.5, 0.6) is 0 Å². The zero-order valence-electron chi connectivity index (χ0n) is 11.6. The number of nitrogens with one attached hydrogen (secondary N) is 1. The lowest BCUT2D eigenvalue weighted by molar-refractivity contribution is 0.141. The maximum absolute atomic E-state index is 13.3. The van der Waals surface area contributed by atoms with Crippen molar-refractivity contribution in [2.45, 2.75) is 6.61 Å². The second-order valence-corrected chi connectivity index (χ2v) is 4.34. The maximum atomic E-state index is 13.3.